The number of hydrogen-bond donors (Lipinski definition) is 0. The number of benzene rings is 3. The molecule has 3 aromatic carbocycles. The highest BCUT2D eigenvalue weighted by Gasteiger charge is 2.43. The van der Waals surface area contributed by atoms with Crippen molar-refractivity contribution in [3.05, 3.63) is 131 Å². The molecule has 0 fully saturated rings. The smallest absolute Gasteiger partial charge is 0.434 e. The third-order valence-electron chi connectivity index (χ3n) is 6.20. The summed E-state index contributed by atoms with van der Waals surface area (Å²) in [5, 5.41) is 0. The summed E-state index contributed by atoms with van der Waals surface area (Å²) in [5.74, 6) is -1.70. The molecule has 0 aliphatic carbocycles. The first-order valence-corrected chi connectivity index (χ1v) is 12.7. The highest BCUT2D eigenvalue weighted by atomic mass is 19.4. The molecule has 0 saturated carbocycles. The number of esters is 1. The van der Waals surface area contributed by atoms with Gasteiger partial charge in [0, 0.05) is 16.7 Å². The van der Waals surface area contributed by atoms with Crippen LogP contribution in [0.2, 0.25) is 0 Å². The Hall–Kier alpha value is -4.86. The van der Waals surface area contributed by atoms with Crippen LogP contribution in [0.4, 0.5) is 22.0 Å². The Kier molecular flexibility index (Phi) is 9.15. The van der Waals surface area contributed by atoms with Crippen LogP contribution in [0.5, 0.6) is 5.75 Å². The quantitative estimate of drug-likeness (QED) is 0.0814. The average molecular weight is 582 g/mol. The number of ketones is 1. The lowest BCUT2D eigenvalue weighted by molar-refractivity contribution is -0.141. The van der Waals surface area contributed by atoms with Gasteiger partial charge in [-0.1, -0.05) is 55.1 Å². The van der Waals surface area contributed by atoms with E-state index in [1.54, 1.807) is 31.2 Å². The highest BCUT2D eigenvalue weighted by molar-refractivity contribution is 6.14. The Balaban J connectivity index is 2.05. The molecule has 10 heteroatoms. The predicted octanol–water partition coefficient (Wildman–Crippen LogP) is 8.42. The molecule has 1 heterocycles. The fraction of sp³-hybridized carbons (Fsp3) is 0.156. The topological polar surface area (TPSA) is 65.5 Å². The molecule has 4 aromatic rings. The summed E-state index contributed by atoms with van der Waals surface area (Å²) in [6, 6.07) is 20.2. The van der Waals surface area contributed by atoms with Crippen molar-refractivity contribution in [2.75, 3.05) is 6.61 Å². The summed E-state index contributed by atoms with van der Waals surface area (Å²) in [4.78, 5) is 30.1. The molecular formula is C32H24F5NO4. The van der Waals surface area contributed by atoms with E-state index < -0.39 is 58.5 Å². The van der Waals surface area contributed by atoms with E-state index in [-0.39, 0.29) is 16.7 Å². The van der Waals surface area contributed by atoms with Crippen LogP contribution in [-0.2, 0) is 10.9 Å². The van der Waals surface area contributed by atoms with Crippen LogP contribution in [0.3, 0.4) is 0 Å². The van der Waals surface area contributed by atoms with Crippen molar-refractivity contribution >= 4 is 11.8 Å². The van der Waals surface area contributed by atoms with E-state index in [1.807, 2.05) is 0 Å². The van der Waals surface area contributed by atoms with E-state index in [4.69, 9.17) is 9.47 Å². The fourth-order valence-corrected chi connectivity index (χ4v) is 4.40. The second-order valence-corrected chi connectivity index (χ2v) is 8.89. The number of halogens is 5. The average Bonchev–Trinajstić information content (AvgIpc) is 2.99. The zero-order valence-corrected chi connectivity index (χ0v) is 22.2. The summed E-state index contributed by atoms with van der Waals surface area (Å²) >= 11 is 0. The Morgan fingerprint density at radius 3 is 2.02 bits per heavy atom. The van der Waals surface area contributed by atoms with Gasteiger partial charge in [0.15, 0.2) is 11.5 Å². The molecular weight excluding hydrogens is 557 g/mol. The van der Waals surface area contributed by atoms with Gasteiger partial charge in [0.25, 0.3) is 6.43 Å². The SMILES string of the molecule is C=CC(OC(=O)c1ccccc1)c1c(C(F)F)nc(C(F)(F)F)c(C(=O)c2ccc(OCC)cc2)c1-c1ccccc1. The monoisotopic (exact) mass is 581 g/mol. The van der Waals surface area contributed by atoms with Gasteiger partial charge in [-0.2, -0.15) is 13.2 Å². The van der Waals surface area contributed by atoms with Gasteiger partial charge in [-0.15, -0.1) is 0 Å². The number of pyridine rings is 1. The van der Waals surface area contributed by atoms with E-state index >= 15 is 0 Å². The van der Waals surface area contributed by atoms with Gasteiger partial charge in [-0.3, -0.25) is 4.79 Å². The first-order chi connectivity index (χ1) is 20.1. The summed E-state index contributed by atoms with van der Waals surface area (Å²) in [6.45, 7) is 5.63. The molecule has 0 aliphatic heterocycles. The van der Waals surface area contributed by atoms with Gasteiger partial charge in [0.2, 0.25) is 0 Å². The van der Waals surface area contributed by atoms with Gasteiger partial charge in [-0.05, 0) is 55.0 Å². The number of carbonyl (C=O) groups is 2. The van der Waals surface area contributed by atoms with Crippen molar-refractivity contribution in [3.63, 3.8) is 0 Å². The van der Waals surface area contributed by atoms with Crippen LogP contribution in [-0.4, -0.2) is 23.3 Å². The minimum atomic E-state index is -5.30. The first-order valence-electron chi connectivity index (χ1n) is 12.7. The third-order valence-corrected chi connectivity index (χ3v) is 6.20. The number of aromatic nitrogens is 1. The van der Waals surface area contributed by atoms with E-state index in [1.165, 1.54) is 60.7 Å². The first kappa shape index (κ1) is 30.1. The van der Waals surface area contributed by atoms with Crippen molar-refractivity contribution in [2.45, 2.75) is 25.6 Å². The summed E-state index contributed by atoms with van der Waals surface area (Å²) < 4.78 is 83.3. The molecule has 0 N–H and O–H groups in total. The van der Waals surface area contributed by atoms with Crippen molar-refractivity contribution in [1.82, 2.24) is 4.98 Å². The van der Waals surface area contributed by atoms with Crippen molar-refractivity contribution < 1.29 is 41.0 Å². The zero-order valence-electron chi connectivity index (χ0n) is 22.2. The third kappa shape index (κ3) is 6.38. The van der Waals surface area contributed by atoms with E-state index in [2.05, 4.69) is 11.6 Å². The molecule has 0 saturated heterocycles. The van der Waals surface area contributed by atoms with Gasteiger partial charge in [0.05, 0.1) is 17.7 Å². The largest absolute Gasteiger partial charge is 0.494 e. The predicted molar refractivity (Wildman–Crippen MR) is 145 cm³/mol. The lowest BCUT2D eigenvalue weighted by Gasteiger charge is -2.25. The van der Waals surface area contributed by atoms with Crippen LogP contribution in [0, 0.1) is 0 Å². The normalized spacial score (nSPS) is 12.1. The summed E-state index contributed by atoms with van der Waals surface area (Å²) in [6.07, 6.45) is -9.53. The lowest BCUT2D eigenvalue weighted by Crippen LogP contribution is -2.23. The minimum absolute atomic E-state index is 0.000744. The Bertz CT molecular complexity index is 1570. The maximum atomic E-state index is 14.5. The fourth-order valence-electron chi connectivity index (χ4n) is 4.40. The Morgan fingerprint density at radius 2 is 1.50 bits per heavy atom. The van der Waals surface area contributed by atoms with Crippen LogP contribution < -0.4 is 4.74 Å². The summed E-state index contributed by atoms with van der Waals surface area (Å²) in [7, 11) is 0. The molecule has 1 aromatic heterocycles. The van der Waals surface area contributed by atoms with Crippen molar-refractivity contribution in [2.24, 2.45) is 0 Å². The molecule has 0 amide bonds. The molecule has 1 atom stereocenters. The number of carbonyl (C=O) groups excluding carboxylic acids is 2. The van der Waals surface area contributed by atoms with E-state index in [0.29, 0.717) is 12.4 Å². The minimum Gasteiger partial charge on any atom is -0.494 e. The zero-order chi connectivity index (χ0) is 30.4. The highest BCUT2D eigenvalue weighted by Crippen LogP contribution is 2.45. The second kappa shape index (κ2) is 12.8. The number of nitrogens with zero attached hydrogens (tertiary/aromatic N) is 1. The molecule has 1 unspecified atom stereocenters. The summed E-state index contributed by atoms with van der Waals surface area (Å²) in [5.41, 5.74) is -5.26. The van der Waals surface area contributed by atoms with Crippen molar-refractivity contribution in [1.29, 1.82) is 0 Å². The molecule has 0 aliphatic rings. The second-order valence-electron chi connectivity index (χ2n) is 8.89. The van der Waals surface area contributed by atoms with Crippen LogP contribution in [0.1, 0.15) is 62.7 Å². The van der Waals surface area contributed by atoms with E-state index in [9.17, 15) is 31.5 Å². The number of hydrogen-bond acceptors (Lipinski definition) is 5. The Labute approximate surface area is 238 Å². The van der Waals surface area contributed by atoms with Crippen LogP contribution in [0.25, 0.3) is 11.1 Å². The Morgan fingerprint density at radius 1 is 0.905 bits per heavy atom. The number of rotatable bonds is 10. The van der Waals surface area contributed by atoms with Gasteiger partial charge < -0.3 is 9.47 Å². The van der Waals surface area contributed by atoms with Gasteiger partial charge >= 0.3 is 12.1 Å². The lowest BCUT2D eigenvalue weighted by atomic mass is 9.86. The molecule has 216 valence electrons. The number of alkyl halides is 5. The standard InChI is InChI=1S/C32H24F5NO4/c1-3-23(42-31(40)21-13-9-6-10-14-21)25-24(19-11-7-5-8-12-19)26(29(32(35,36)37)38-27(25)30(33)34)28(39)20-15-17-22(18-16-20)41-4-2/h3,5-18,23,30H,1,4H2,2H3. The number of ether oxygens (including phenoxy) is 2. The van der Waals surface area contributed by atoms with Crippen molar-refractivity contribution in [3.8, 4) is 16.9 Å². The van der Waals surface area contributed by atoms with Gasteiger partial charge in [0.1, 0.15) is 17.5 Å². The van der Waals surface area contributed by atoms with Crippen LogP contribution in [0.15, 0.2) is 97.6 Å². The molecule has 0 spiro atoms. The maximum absolute atomic E-state index is 14.5. The molecule has 4 rings (SSSR count). The van der Waals surface area contributed by atoms with E-state index in [0.717, 1.165) is 6.08 Å². The molecule has 5 nitrogen and oxygen atoms in total. The molecule has 0 radical (unpaired) electrons. The maximum Gasteiger partial charge on any atom is 0.434 e. The molecule has 42 heavy (non-hydrogen) atoms. The van der Waals surface area contributed by atoms with Crippen LogP contribution >= 0.6 is 0 Å². The van der Waals surface area contributed by atoms with Gasteiger partial charge in [-0.25, -0.2) is 18.6 Å². The molecule has 0 bridgehead atoms.